The largest absolute Gasteiger partial charge is 0.112 e. The van der Waals surface area contributed by atoms with Crippen LogP contribution in [0.15, 0.2) is 57.5 Å². The predicted molar refractivity (Wildman–Crippen MR) is 85.0 cm³/mol. The number of hydrogen-bond donors (Lipinski definition) is 0. The Morgan fingerprint density at radius 1 is 0.647 bits per heavy atom. The molecule has 0 saturated heterocycles. The van der Waals surface area contributed by atoms with Crippen LogP contribution >= 0.6 is 31.9 Å². The van der Waals surface area contributed by atoms with Crippen LogP contribution in [0.2, 0.25) is 13.1 Å². The van der Waals surface area contributed by atoms with Crippen molar-refractivity contribution < 1.29 is 0 Å². The summed E-state index contributed by atoms with van der Waals surface area (Å²) in [6.45, 7) is 4.78. The van der Waals surface area contributed by atoms with E-state index < -0.39 is 8.07 Å². The summed E-state index contributed by atoms with van der Waals surface area (Å²) < 4.78 is 2.28. The molecule has 0 bridgehead atoms. The number of benzene rings is 2. The Hall–Kier alpha value is -0.383. The lowest BCUT2D eigenvalue weighted by Crippen LogP contribution is -2.52. The highest BCUT2D eigenvalue weighted by Gasteiger charge is 2.25. The van der Waals surface area contributed by atoms with Crippen LogP contribution in [0.4, 0.5) is 0 Å². The first-order valence-electron chi connectivity index (χ1n) is 5.52. The highest BCUT2D eigenvalue weighted by atomic mass is 79.9. The summed E-state index contributed by atoms with van der Waals surface area (Å²) in [5.41, 5.74) is 0. The van der Waals surface area contributed by atoms with Gasteiger partial charge in [-0.1, -0.05) is 79.6 Å². The van der Waals surface area contributed by atoms with Gasteiger partial charge in [-0.15, -0.1) is 0 Å². The molecule has 0 aliphatic rings. The molecule has 0 atom stereocenters. The normalized spacial score (nSPS) is 11.5. The molecule has 0 N–H and O–H groups in total. The summed E-state index contributed by atoms with van der Waals surface area (Å²) in [6, 6.07) is 17.4. The van der Waals surface area contributed by atoms with Crippen molar-refractivity contribution in [2.75, 3.05) is 0 Å². The second-order valence-electron chi connectivity index (χ2n) is 4.64. The highest BCUT2D eigenvalue weighted by Crippen LogP contribution is 2.12. The first-order chi connectivity index (χ1) is 8.00. The summed E-state index contributed by atoms with van der Waals surface area (Å²) in [5, 5.41) is 2.92. The van der Waals surface area contributed by atoms with Crippen molar-refractivity contribution in [2.24, 2.45) is 0 Å². The summed E-state index contributed by atoms with van der Waals surface area (Å²) >= 11 is 6.97. The zero-order chi connectivity index (χ0) is 12.5. The molecule has 2 aromatic rings. The van der Waals surface area contributed by atoms with Gasteiger partial charge in [-0.25, -0.2) is 0 Å². The van der Waals surface area contributed by atoms with Gasteiger partial charge in [0.2, 0.25) is 0 Å². The van der Waals surface area contributed by atoms with E-state index in [1.165, 1.54) is 10.4 Å². The Bertz CT molecular complexity index is 453. The van der Waals surface area contributed by atoms with Crippen LogP contribution in [0.3, 0.4) is 0 Å². The third-order valence-corrected chi connectivity index (χ3v) is 7.74. The molecule has 0 aliphatic carbocycles. The van der Waals surface area contributed by atoms with Crippen LogP contribution < -0.4 is 10.4 Å². The Kier molecular flexibility index (Phi) is 3.91. The van der Waals surface area contributed by atoms with Gasteiger partial charge in [-0.05, 0) is 24.3 Å². The van der Waals surface area contributed by atoms with Crippen molar-refractivity contribution in [1.29, 1.82) is 0 Å². The SMILES string of the molecule is C[Si](C)(c1ccc(Br)cc1)c1ccc(Br)cc1. The molecule has 0 unspecified atom stereocenters. The quantitative estimate of drug-likeness (QED) is 0.701. The van der Waals surface area contributed by atoms with E-state index in [-0.39, 0.29) is 0 Å². The van der Waals surface area contributed by atoms with Gasteiger partial charge in [0.15, 0.2) is 0 Å². The van der Waals surface area contributed by atoms with Crippen molar-refractivity contribution in [3.63, 3.8) is 0 Å². The zero-order valence-electron chi connectivity index (χ0n) is 9.87. The first kappa shape index (κ1) is 13.1. The van der Waals surface area contributed by atoms with Crippen molar-refractivity contribution >= 4 is 50.3 Å². The summed E-state index contributed by atoms with van der Waals surface area (Å²) in [7, 11) is -1.54. The molecule has 88 valence electrons. The average molecular weight is 370 g/mol. The van der Waals surface area contributed by atoms with E-state index in [9.17, 15) is 0 Å². The van der Waals surface area contributed by atoms with Gasteiger partial charge in [0, 0.05) is 8.95 Å². The first-order valence-corrected chi connectivity index (χ1v) is 10.1. The molecule has 0 radical (unpaired) electrons. The van der Waals surface area contributed by atoms with E-state index in [0.717, 1.165) is 8.95 Å². The fraction of sp³-hybridized carbons (Fsp3) is 0.143. The molecule has 0 amide bonds. The van der Waals surface area contributed by atoms with Crippen LogP contribution in [0.5, 0.6) is 0 Å². The van der Waals surface area contributed by atoms with Crippen LogP contribution in [0.25, 0.3) is 0 Å². The van der Waals surface area contributed by atoms with E-state index in [1.54, 1.807) is 0 Å². The van der Waals surface area contributed by atoms with Crippen LogP contribution in [0.1, 0.15) is 0 Å². The molecule has 0 aromatic heterocycles. The highest BCUT2D eigenvalue weighted by molar-refractivity contribution is 9.10. The minimum Gasteiger partial charge on any atom is -0.0616 e. The van der Waals surface area contributed by atoms with Gasteiger partial charge in [0.25, 0.3) is 0 Å². The van der Waals surface area contributed by atoms with Crippen molar-refractivity contribution in [3.05, 3.63) is 57.5 Å². The summed E-state index contributed by atoms with van der Waals surface area (Å²) in [5.74, 6) is 0. The molecule has 0 saturated carbocycles. The van der Waals surface area contributed by atoms with E-state index in [1.807, 2.05) is 0 Å². The van der Waals surface area contributed by atoms with Gasteiger partial charge in [0.05, 0.1) is 0 Å². The molecule has 0 spiro atoms. The lowest BCUT2D eigenvalue weighted by molar-refractivity contribution is 1.63. The van der Waals surface area contributed by atoms with Crippen LogP contribution in [-0.2, 0) is 0 Å². The average Bonchev–Trinajstić information content (AvgIpc) is 2.30. The lowest BCUT2D eigenvalue weighted by Gasteiger charge is -2.23. The van der Waals surface area contributed by atoms with E-state index >= 15 is 0 Å². The summed E-state index contributed by atoms with van der Waals surface area (Å²) in [6.07, 6.45) is 0. The maximum atomic E-state index is 3.49. The molecular formula is C14H14Br2Si. The Labute approximate surface area is 120 Å². The molecular weight excluding hydrogens is 356 g/mol. The maximum Gasteiger partial charge on any atom is 0.112 e. The number of rotatable bonds is 2. The van der Waals surface area contributed by atoms with Crippen LogP contribution in [0, 0.1) is 0 Å². The smallest absolute Gasteiger partial charge is 0.0616 e. The minimum atomic E-state index is -1.54. The molecule has 0 nitrogen and oxygen atoms in total. The van der Waals surface area contributed by atoms with E-state index in [0.29, 0.717) is 0 Å². The molecule has 2 rings (SSSR count). The molecule has 0 aliphatic heterocycles. The standard InChI is InChI=1S/C14H14Br2Si/c1-17(2,13-7-3-11(15)4-8-13)14-9-5-12(16)6-10-14/h3-10H,1-2H3. The Morgan fingerprint density at radius 2 is 0.941 bits per heavy atom. The van der Waals surface area contributed by atoms with Crippen molar-refractivity contribution in [1.82, 2.24) is 0 Å². The Balaban J connectivity index is 2.41. The third-order valence-electron chi connectivity index (χ3n) is 3.13. The number of halogens is 2. The third kappa shape index (κ3) is 2.90. The molecule has 2 aromatic carbocycles. The summed E-state index contributed by atoms with van der Waals surface area (Å²) in [4.78, 5) is 0. The molecule has 0 fully saturated rings. The minimum absolute atomic E-state index is 1.14. The zero-order valence-corrected chi connectivity index (χ0v) is 14.0. The van der Waals surface area contributed by atoms with E-state index in [2.05, 4.69) is 93.5 Å². The maximum absolute atomic E-state index is 3.49. The van der Waals surface area contributed by atoms with Crippen molar-refractivity contribution in [2.45, 2.75) is 13.1 Å². The van der Waals surface area contributed by atoms with Gasteiger partial charge in [-0.3, -0.25) is 0 Å². The number of hydrogen-bond acceptors (Lipinski definition) is 0. The molecule has 3 heteroatoms. The molecule has 0 heterocycles. The Morgan fingerprint density at radius 3 is 1.24 bits per heavy atom. The van der Waals surface area contributed by atoms with Crippen molar-refractivity contribution in [3.8, 4) is 0 Å². The molecule has 17 heavy (non-hydrogen) atoms. The fourth-order valence-corrected chi connectivity index (χ4v) is 4.76. The predicted octanol–water partition coefficient (Wildman–Crippen LogP) is 4.03. The topological polar surface area (TPSA) is 0 Å². The lowest BCUT2D eigenvalue weighted by atomic mass is 10.4. The van der Waals surface area contributed by atoms with Crippen LogP contribution in [-0.4, -0.2) is 8.07 Å². The van der Waals surface area contributed by atoms with E-state index in [4.69, 9.17) is 0 Å². The van der Waals surface area contributed by atoms with Gasteiger partial charge < -0.3 is 0 Å². The second kappa shape index (κ2) is 5.08. The second-order valence-corrected chi connectivity index (χ2v) is 10.9. The fourth-order valence-electron chi connectivity index (χ4n) is 1.90. The van der Waals surface area contributed by atoms with Gasteiger partial charge >= 0.3 is 0 Å². The van der Waals surface area contributed by atoms with Gasteiger partial charge in [0.1, 0.15) is 8.07 Å². The monoisotopic (exact) mass is 368 g/mol. The van der Waals surface area contributed by atoms with Gasteiger partial charge in [-0.2, -0.15) is 0 Å².